The maximum absolute atomic E-state index is 12.2. The summed E-state index contributed by atoms with van der Waals surface area (Å²) in [5, 5.41) is 2.79. The summed E-state index contributed by atoms with van der Waals surface area (Å²) < 4.78 is 32.6. The van der Waals surface area contributed by atoms with Crippen LogP contribution in [0.25, 0.3) is 0 Å². The number of hydrogen-bond donors (Lipinski definition) is 2. The highest BCUT2D eigenvalue weighted by molar-refractivity contribution is 7.89. The molecule has 0 heterocycles. The highest BCUT2D eigenvalue weighted by Crippen LogP contribution is 2.17. The first-order chi connectivity index (χ1) is 13.8. The van der Waals surface area contributed by atoms with Gasteiger partial charge in [-0.1, -0.05) is 32.4 Å². The fraction of sp³-hybridized carbons (Fsp3) is 0.409. The molecule has 2 aromatic carbocycles. The van der Waals surface area contributed by atoms with Gasteiger partial charge in [0.25, 0.3) is 5.91 Å². The number of nitrogens with one attached hydrogen (secondary N) is 2. The SMILES string of the molecule is CCCCc1ccc(NC(=O)COc2ccc(S(=O)(=O)N[C@@H](C)CC)cc2)cc1. The van der Waals surface area contributed by atoms with E-state index in [1.807, 2.05) is 38.1 Å². The van der Waals surface area contributed by atoms with E-state index in [1.54, 1.807) is 12.1 Å². The van der Waals surface area contributed by atoms with Crippen LogP contribution in [0.5, 0.6) is 5.75 Å². The number of amides is 1. The Bertz CT molecular complexity index is 878. The first-order valence-corrected chi connectivity index (χ1v) is 11.5. The van der Waals surface area contributed by atoms with Crippen LogP contribution in [0.4, 0.5) is 5.69 Å². The lowest BCUT2D eigenvalue weighted by Crippen LogP contribution is -2.31. The van der Waals surface area contributed by atoms with Gasteiger partial charge in [-0.15, -0.1) is 0 Å². The Labute approximate surface area is 173 Å². The Morgan fingerprint density at radius 1 is 1.03 bits per heavy atom. The van der Waals surface area contributed by atoms with E-state index < -0.39 is 10.0 Å². The summed E-state index contributed by atoms with van der Waals surface area (Å²) in [6.45, 7) is 5.72. The van der Waals surface area contributed by atoms with Crippen LogP contribution in [0.2, 0.25) is 0 Å². The summed E-state index contributed by atoms with van der Waals surface area (Å²) >= 11 is 0. The third-order valence-corrected chi connectivity index (χ3v) is 6.13. The van der Waals surface area contributed by atoms with Crippen LogP contribution in [0.15, 0.2) is 53.4 Å². The number of aryl methyl sites for hydroxylation is 1. The molecule has 0 saturated carbocycles. The number of carbonyl (C=O) groups excluding carboxylic acids is 1. The Hall–Kier alpha value is -2.38. The van der Waals surface area contributed by atoms with Gasteiger partial charge in [0, 0.05) is 11.7 Å². The third kappa shape index (κ3) is 7.51. The maximum Gasteiger partial charge on any atom is 0.262 e. The molecule has 0 unspecified atom stereocenters. The van der Waals surface area contributed by atoms with Gasteiger partial charge in [-0.05, 0) is 68.1 Å². The van der Waals surface area contributed by atoms with Crippen LogP contribution in [0, 0.1) is 0 Å². The molecule has 158 valence electrons. The number of unbranched alkanes of at least 4 members (excludes halogenated alkanes) is 1. The molecule has 1 atom stereocenters. The van der Waals surface area contributed by atoms with Gasteiger partial charge in [0.1, 0.15) is 5.75 Å². The summed E-state index contributed by atoms with van der Waals surface area (Å²) in [5.41, 5.74) is 1.97. The molecule has 2 rings (SSSR count). The number of benzene rings is 2. The zero-order valence-electron chi connectivity index (χ0n) is 17.3. The van der Waals surface area contributed by atoms with Gasteiger partial charge in [0.15, 0.2) is 6.61 Å². The van der Waals surface area contributed by atoms with Crippen molar-refractivity contribution in [3.63, 3.8) is 0 Å². The molecule has 0 spiro atoms. The van der Waals surface area contributed by atoms with Crippen LogP contribution < -0.4 is 14.8 Å². The first kappa shape index (κ1) is 22.9. The van der Waals surface area contributed by atoms with E-state index in [1.165, 1.54) is 17.7 Å². The lowest BCUT2D eigenvalue weighted by atomic mass is 10.1. The maximum atomic E-state index is 12.2. The second-order valence-electron chi connectivity index (χ2n) is 7.04. The van der Waals surface area contributed by atoms with Gasteiger partial charge in [0.2, 0.25) is 10.0 Å². The fourth-order valence-corrected chi connectivity index (χ4v) is 3.94. The van der Waals surface area contributed by atoms with Crippen molar-refractivity contribution in [2.45, 2.75) is 57.4 Å². The summed E-state index contributed by atoms with van der Waals surface area (Å²) in [6.07, 6.45) is 4.04. The lowest BCUT2D eigenvalue weighted by Gasteiger charge is -2.12. The Balaban J connectivity index is 1.85. The van der Waals surface area contributed by atoms with Crippen molar-refractivity contribution in [3.8, 4) is 5.75 Å². The average Bonchev–Trinajstić information content (AvgIpc) is 2.71. The molecule has 0 aliphatic rings. The molecule has 0 bridgehead atoms. The van der Waals surface area contributed by atoms with Gasteiger partial charge in [-0.25, -0.2) is 13.1 Å². The average molecular weight is 419 g/mol. The van der Waals surface area contributed by atoms with E-state index in [4.69, 9.17) is 4.74 Å². The molecular formula is C22H30N2O4S. The fourth-order valence-electron chi connectivity index (χ4n) is 2.61. The van der Waals surface area contributed by atoms with Crippen LogP contribution in [0.1, 0.15) is 45.6 Å². The minimum atomic E-state index is -3.55. The van der Waals surface area contributed by atoms with Crippen molar-refractivity contribution < 1.29 is 17.9 Å². The van der Waals surface area contributed by atoms with Crippen molar-refractivity contribution >= 4 is 21.6 Å². The van der Waals surface area contributed by atoms with Crippen LogP contribution in [-0.2, 0) is 21.2 Å². The molecule has 0 aliphatic heterocycles. The van der Waals surface area contributed by atoms with E-state index in [0.717, 1.165) is 24.9 Å². The van der Waals surface area contributed by atoms with E-state index in [0.29, 0.717) is 12.2 Å². The molecule has 0 radical (unpaired) electrons. The van der Waals surface area contributed by atoms with Gasteiger partial charge in [-0.3, -0.25) is 4.79 Å². The number of carbonyl (C=O) groups is 1. The molecule has 0 fully saturated rings. The van der Waals surface area contributed by atoms with Crippen molar-refractivity contribution in [3.05, 3.63) is 54.1 Å². The van der Waals surface area contributed by atoms with E-state index >= 15 is 0 Å². The second-order valence-corrected chi connectivity index (χ2v) is 8.75. The summed E-state index contributed by atoms with van der Waals surface area (Å²) in [5.74, 6) is 0.152. The van der Waals surface area contributed by atoms with Gasteiger partial charge in [0.05, 0.1) is 4.90 Å². The number of anilines is 1. The van der Waals surface area contributed by atoms with Crippen molar-refractivity contribution in [2.24, 2.45) is 0 Å². The Kier molecular flexibility index (Phi) is 8.67. The molecule has 1 amide bonds. The highest BCUT2D eigenvalue weighted by Gasteiger charge is 2.16. The molecule has 7 heteroatoms. The molecule has 2 N–H and O–H groups in total. The Morgan fingerprint density at radius 2 is 1.69 bits per heavy atom. The Morgan fingerprint density at radius 3 is 2.28 bits per heavy atom. The van der Waals surface area contributed by atoms with E-state index in [9.17, 15) is 13.2 Å². The van der Waals surface area contributed by atoms with Gasteiger partial charge in [-0.2, -0.15) is 0 Å². The zero-order valence-corrected chi connectivity index (χ0v) is 18.1. The van der Waals surface area contributed by atoms with E-state index in [2.05, 4.69) is 17.0 Å². The van der Waals surface area contributed by atoms with Gasteiger partial charge >= 0.3 is 0 Å². The van der Waals surface area contributed by atoms with Gasteiger partial charge < -0.3 is 10.1 Å². The summed E-state index contributed by atoms with van der Waals surface area (Å²) in [7, 11) is -3.55. The molecule has 2 aromatic rings. The number of sulfonamides is 1. The second kappa shape index (κ2) is 11.0. The molecular weight excluding hydrogens is 388 g/mol. The van der Waals surface area contributed by atoms with Crippen LogP contribution >= 0.6 is 0 Å². The first-order valence-electron chi connectivity index (χ1n) is 9.98. The zero-order chi connectivity index (χ0) is 21.3. The largest absolute Gasteiger partial charge is 0.484 e. The van der Waals surface area contributed by atoms with Crippen molar-refractivity contribution in [2.75, 3.05) is 11.9 Å². The lowest BCUT2D eigenvalue weighted by molar-refractivity contribution is -0.118. The number of ether oxygens (including phenoxy) is 1. The molecule has 0 aromatic heterocycles. The minimum absolute atomic E-state index is 0.139. The monoisotopic (exact) mass is 418 g/mol. The molecule has 0 aliphatic carbocycles. The summed E-state index contributed by atoms with van der Waals surface area (Å²) in [6, 6.07) is 13.7. The summed E-state index contributed by atoms with van der Waals surface area (Å²) in [4.78, 5) is 12.2. The number of rotatable bonds is 11. The molecule has 6 nitrogen and oxygen atoms in total. The topological polar surface area (TPSA) is 84.5 Å². The number of hydrogen-bond acceptors (Lipinski definition) is 4. The smallest absolute Gasteiger partial charge is 0.262 e. The van der Waals surface area contributed by atoms with Crippen molar-refractivity contribution in [1.82, 2.24) is 4.72 Å². The van der Waals surface area contributed by atoms with Crippen LogP contribution in [0.3, 0.4) is 0 Å². The van der Waals surface area contributed by atoms with E-state index in [-0.39, 0.29) is 23.5 Å². The molecule has 0 saturated heterocycles. The predicted octanol–water partition coefficient (Wildman–Crippen LogP) is 4.12. The predicted molar refractivity (Wildman–Crippen MR) is 116 cm³/mol. The minimum Gasteiger partial charge on any atom is -0.484 e. The molecule has 29 heavy (non-hydrogen) atoms. The third-order valence-electron chi connectivity index (χ3n) is 4.53. The normalized spacial score (nSPS) is 12.4. The van der Waals surface area contributed by atoms with Crippen molar-refractivity contribution in [1.29, 1.82) is 0 Å². The van der Waals surface area contributed by atoms with Crippen LogP contribution in [-0.4, -0.2) is 27.0 Å². The highest BCUT2D eigenvalue weighted by atomic mass is 32.2. The standard InChI is InChI=1S/C22H30N2O4S/c1-4-6-7-18-8-10-19(11-9-18)23-22(25)16-28-20-12-14-21(15-13-20)29(26,27)24-17(3)5-2/h8-15,17,24H,4-7,16H2,1-3H3,(H,23,25)/t17-/m0/s1. The quantitative estimate of drug-likeness (QED) is 0.575.